The van der Waals surface area contributed by atoms with Crippen LogP contribution in [0.3, 0.4) is 0 Å². The minimum atomic E-state index is -0.361. The maximum absolute atomic E-state index is 12.5. The Morgan fingerprint density at radius 3 is 2.68 bits per heavy atom. The molecule has 1 saturated carbocycles. The van der Waals surface area contributed by atoms with Gasteiger partial charge in [-0.3, -0.25) is 4.79 Å². The number of hydrogen-bond acceptors (Lipinski definition) is 4. The molecule has 0 amide bonds. The van der Waals surface area contributed by atoms with Gasteiger partial charge in [0.05, 0.1) is 6.61 Å². The molecule has 3 atom stereocenters. The highest BCUT2D eigenvalue weighted by molar-refractivity contribution is 5.85. The summed E-state index contributed by atoms with van der Waals surface area (Å²) in [6, 6.07) is 8.78. The first-order chi connectivity index (χ1) is 13.2. The minimum absolute atomic E-state index is 0.0413. The molecule has 4 nitrogen and oxygen atoms in total. The van der Waals surface area contributed by atoms with Gasteiger partial charge in [-0.15, -0.1) is 0 Å². The Morgan fingerprint density at radius 1 is 1.14 bits per heavy atom. The van der Waals surface area contributed by atoms with Crippen LogP contribution in [0, 0.1) is 22.7 Å². The number of carbonyl (C=O) groups excluding carboxylic acids is 1. The molecule has 1 unspecified atom stereocenters. The number of allylic oxidation sites excluding steroid dienone is 1. The van der Waals surface area contributed by atoms with Crippen molar-refractivity contribution in [2.45, 2.75) is 47.0 Å². The summed E-state index contributed by atoms with van der Waals surface area (Å²) >= 11 is 0. The highest BCUT2D eigenvalue weighted by Crippen LogP contribution is 2.58. The molecule has 1 heterocycles. The molecule has 0 aliphatic heterocycles. The van der Waals surface area contributed by atoms with Crippen molar-refractivity contribution in [3.63, 3.8) is 0 Å². The zero-order chi connectivity index (χ0) is 20.1. The number of ether oxygens (including phenoxy) is 1. The molecule has 0 radical (unpaired) electrons. The van der Waals surface area contributed by atoms with Crippen LogP contribution in [-0.2, 0) is 4.79 Å². The van der Waals surface area contributed by atoms with E-state index < -0.39 is 0 Å². The molecule has 0 bridgehead atoms. The van der Waals surface area contributed by atoms with Crippen LogP contribution in [-0.4, -0.2) is 12.4 Å². The molecule has 2 aromatic rings. The Bertz CT molecular complexity index is 1010. The number of carbonyl (C=O) groups is 1. The average Bonchev–Trinajstić information content (AvgIpc) is 2.64. The Hall–Kier alpha value is -2.36. The SMILES string of the molecule is CC1=CCC2C(C)(C)C(=O)CC[C@]2(C)[C@H]1COc1ccc2ccc(=O)oc2c1. The fraction of sp³-hybridized carbons (Fsp3) is 0.500. The number of benzene rings is 1. The number of rotatable bonds is 3. The topological polar surface area (TPSA) is 56.5 Å². The standard InChI is InChI=1S/C24H28O4/c1-15-5-9-20-23(2,3)21(25)11-12-24(20,4)18(15)14-27-17-8-6-16-7-10-22(26)28-19(16)13-17/h5-8,10,13,18,20H,9,11-12,14H2,1-4H3/t18-,20?,24+/m0/s1. The fourth-order valence-corrected chi connectivity index (χ4v) is 5.48. The molecule has 2 aliphatic carbocycles. The second kappa shape index (κ2) is 6.61. The second-order valence-electron chi connectivity index (χ2n) is 9.20. The van der Waals surface area contributed by atoms with Crippen LogP contribution in [0.15, 0.2) is 51.2 Å². The minimum Gasteiger partial charge on any atom is -0.493 e. The molecule has 1 aromatic heterocycles. The summed E-state index contributed by atoms with van der Waals surface area (Å²) < 4.78 is 11.5. The molecule has 2 aliphatic rings. The third kappa shape index (κ3) is 2.99. The highest BCUT2D eigenvalue weighted by Gasteiger charge is 2.55. The van der Waals surface area contributed by atoms with E-state index in [1.54, 1.807) is 12.1 Å². The van der Waals surface area contributed by atoms with E-state index in [1.807, 2.05) is 12.1 Å². The van der Waals surface area contributed by atoms with Crippen LogP contribution in [0.5, 0.6) is 5.75 Å². The molecule has 1 aromatic carbocycles. The van der Waals surface area contributed by atoms with Crippen LogP contribution < -0.4 is 10.4 Å². The van der Waals surface area contributed by atoms with Gasteiger partial charge in [-0.2, -0.15) is 0 Å². The average molecular weight is 380 g/mol. The van der Waals surface area contributed by atoms with E-state index in [4.69, 9.17) is 9.15 Å². The normalized spacial score (nSPS) is 29.3. The number of ketones is 1. The molecule has 148 valence electrons. The maximum atomic E-state index is 12.5. The van der Waals surface area contributed by atoms with Crippen molar-refractivity contribution in [1.82, 2.24) is 0 Å². The largest absolute Gasteiger partial charge is 0.493 e. The van der Waals surface area contributed by atoms with Gasteiger partial charge >= 0.3 is 5.63 Å². The van der Waals surface area contributed by atoms with Gasteiger partial charge in [-0.1, -0.05) is 32.4 Å². The predicted octanol–water partition coefficient (Wildman–Crippen LogP) is 5.15. The molecular weight excluding hydrogens is 352 g/mol. The molecule has 1 fully saturated rings. The lowest BCUT2D eigenvalue weighted by molar-refractivity contribution is -0.143. The first kappa shape index (κ1) is 19.0. The maximum Gasteiger partial charge on any atom is 0.336 e. The van der Waals surface area contributed by atoms with Crippen LogP contribution >= 0.6 is 0 Å². The third-order valence-corrected chi connectivity index (χ3v) is 7.31. The van der Waals surface area contributed by atoms with Crippen LogP contribution in [0.25, 0.3) is 11.0 Å². The smallest absolute Gasteiger partial charge is 0.336 e. The lowest BCUT2D eigenvalue weighted by Crippen LogP contribution is -2.53. The van der Waals surface area contributed by atoms with Gasteiger partial charge in [0.25, 0.3) is 0 Å². The van der Waals surface area contributed by atoms with Crippen molar-refractivity contribution < 1.29 is 13.9 Å². The molecule has 28 heavy (non-hydrogen) atoms. The number of hydrogen-bond donors (Lipinski definition) is 0. The lowest BCUT2D eigenvalue weighted by Gasteiger charge is -2.55. The molecular formula is C24H28O4. The van der Waals surface area contributed by atoms with E-state index in [2.05, 4.69) is 33.8 Å². The van der Waals surface area contributed by atoms with Crippen LogP contribution in [0.4, 0.5) is 0 Å². The fourth-order valence-electron chi connectivity index (χ4n) is 5.48. The van der Waals surface area contributed by atoms with Gasteiger partial charge in [0.2, 0.25) is 0 Å². The van der Waals surface area contributed by atoms with E-state index >= 15 is 0 Å². The van der Waals surface area contributed by atoms with Gasteiger partial charge in [-0.25, -0.2) is 4.79 Å². The summed E-state index contributed by atoms with van der Waals surface area (Å²) in [7, 11) is 0. The van der Waals surface area contributed by atoms with E-state index in [0.717, 1.165) is 18.2 Å². The molecule has 0 saturated heterocycles. The van der Waals surface area contributed by atoms with Gasteiger partial charge in [0.15, 0.2) is 0 Å². The summed E-state index contributed by atoms with van der Waals surface area (Å²) in [6.07, 6.45) is 4.80. The Labute approximate surface area is 165 Å². The summed E-state index contributed by atoms with van der Waals surface area (Å²) in [5.74, 6) is 1.67. The van der Waals surface area contributed by atoms with E-state index in [1.165, 1.54) is 11.6 Å². The van der Waals surface area contributed by atoms with Crippen molar-refractivity contribution in [2.75, 3.05) is 6.61 Å². The molecule has 4 heteroatoms. The Balaban J connectivity index is 1.60. The van der Waals surface area contributed by atoms with Crippen LogP contribution in [0.1, 0.15) is 47.0 Å². The van der Waals surface area contributed by atoms with Crippen molar-refractivity contribution in [2.24, 2.45) is 22.7 Å². The van der Waals surface area contributed by atoms with Crippen LogP contribution in [0.2, 0.25) is 0 Å². The van der Waals surface area contributed by atoms with Gasteiger partial charge < -0.3 is 9.15 Å². The number of fused-ring (bicyclic) bond motifs is 2. The van der Waals surface area contributed by atoms with E-state index in [9.17, 15) is 9.59 Å². The lowest BCUT2D eigenvalue weighted by atomic mass is 9.48. The quantitative estimate of drug-likeness (QED) is 0.546. The van der Waals surface area contributed by atoms with Gasteiger partial charge in [-0.05, 0) is 49.3 Å². The Morgan fingerprint density at radius 2 is 1.89 bits per heavy atom. The van der Waals surface area contributed by atoms with Crippen molar-refractivity contribution in [1.29, 1.82) is 0 Å². The van der Waals surface area contributed by atoms with Crippen molar-refractivity contribution in [3.05, 3.63) is 52.4 Å². The highest BCUT2D eigenvalue weighted by atomic mass is 16.5. The van der Waals surface area contributed by atoms with Crippen molar-refractivity contribution in [3.8, 4) is 5.75 Å². The second-order valence-corrected chi connectivity index (χ2v) is 9.20. The van der Waals surface area contributed by atoms with Crippen molar-refractivity contribution >= 4 is 16.8 Å². The molecule has 4 rings (SSSR count). The third-order valence-electron chi connectivity index (χ3n) is 7.31. The monoisotopic (exact) mass is 380 g/mol. The molecule has 0 spiro atoms. The predicted molar refractivity (Wildman–Crippen MR) is 109 cm³/mol. The Kier molecular flexibility index (Phi) is 4.48. The first-order valence-corrected chi connectivity index (χ1v) is 10.1. The first-order valence-electron chi connectivity index (χ1n) is 10.1. The van der Waals surface area contributed by atoms with E-state index in [0.29, 0.717) is 36.1 Å². The summed E-state index contributed by atoms with van der Waals surface area (Å²) in [5, 5.41) is 0.875. The van der Waals surface area contributed by atoms with E-state index in [-0.39, 0.29) is 22.4 Å². The summed E-state index contributed by atoms with van der Waals surface area (Å²) in [4.78, 5) is 24.0. The van der Waals surface area contributed by atoms with Gasteiger partial charge in [0.1, 0.15) is 17.1 Å². The summed E-state index contributed by atoms with van der Waals surface area (Å²) in [6.45, 7) is 9.28. The molecule has 0 N–H and O–H groups in total. The zero-order valence-electron chi connectivity index (χ0n) is 17.1. The zero-order valence-corrected chi connectivity index (χ0v) is 17.1. The number of Topliss-reactive ketones (excluding diaryl/α,β-unsaturated/α-hetero) is 1. The van der Waals surface area contributed by atoms with Gasteiger partial charge in [0, 0.05) is 35.3 Å². The summed E-state index contributed by atoms with van der Waals surface area (Å²) in [5.41, 5.74) is 1.26.